The van der Waals surface area contributed by atoms with Gasteiger partial charge in [-0.2, -0.15) is 0 Å². The number of nitrogens with zero attached hydrogens (tertiary/aromatic N) is 3. The maximum absolute atomic E-state index is 5.67. The quantitative estimate of drug-likeness (QED) is 0.413. The molecular formula is C12H18LiN3OSi. The Kier molecular flexibility index (Phi) is 5.60. The van der Waals surface area contributed by atoms with Gasteiger partial charge in [0.1, 0.15) is 6.73 Å². The molecule has 2 rings (SSSR count). The van der Waals surface area contributed by atoms with E-state index < -0.39 is 8.07 Å². The van der Waals surface area contributed by atoms with Crippen LogP contribution in [0.3, 0.4) is 0 Å². The smallest absolute Gasteiger partial charge is 0.426 e. The van der Waals surface area contributed by atoms with E-state index in [1.807, 2.05) is 10.6 Å². The zero-order valence-corrected chi connectivity index (χ0v) is 12.6. The predicted molar refractivity (Wildman–Crippen MR) is 70.5 cm³/mol. The number of imidazole rings is 1. The largest absolute Gasteiger partial charge is 1.00 e. The molecule has 0 fully saturated rings. The summed E-state index contributed by atoms with van der Waals surface area (Å²) in [6, 6.07) is 3.11. The normalized spacial score (nSPS) is 11.5. The van der Waals surface area contributed by atoms with Gasteiger partial charge in [0, 0.05) is 27.2 Å². The minimum Gasteiger partial charge on any atom is -0.426 e. The van der Waals surface area contributed by atoms with Gasteiger partial charge in [-0.05, 0) is 12.2 Å². The van der Waals surface area contributed by atoms with Gasteiger partial charge in [-0.15, -0.1) is 0 Å². The van der Waals surface area contributed by atoms with Crippen molar-refractivity contribution >= 4 is 19.1 Å². The fourth-order valence-electron chi connectivity index (χ4n) is 1.49. The first-order chi connectivity index (χ1) is 8.06. The molecule has 0 unspecified atom stereocenters. The Hall–Kier alpha value is -0.606. The van der Waals surface area contributed by atoms with Crippen LogP contribution < -0.4 is 18.9 Å². The summed E-state index contributed by atoms with van der Waals surface area (Å²) in [7, 11) is -1.00. The molecule has 0 amide bonds. The van der Waals surface area contributed by atoms with E-state index in [0.717, 1.165) is 17.6 Å². The second-order valence-electron chi connectivity index (χ2n) is 5.35. The molecule has 0 aromatic carbocycles. The van der Waals surface area contributed by atoms with Crippen molar-refractivity contribution in [3.8, 4) is 0 Å². The average molecular weight is 255 g/mol. The summed E-state index contributed by atoms with van der Waals surface area (Å²) < 4.78 is 7.56. The molecular weight excluding hydrogens is 237 g/mol. The topological polar surface area (TPSA) is 39.9 Å². The summed E-state index contributed by atoms with van der Waals surface area (Å²) in [6.45, 7) is 8.38. The molecule has 0 bridgehead atoms. The average Bonchev–Trinajstić information content (AvgIpc) is 2.67. The van der Waals surface area contributed by atoms with E-state index in [0.29, 0.717) is 6.73 Å². The van der Waals surface area contributed by atoms with Gasteiger partial charge < -0.3 is 14.3 Å². The van der Waals surface area contributed by atoms with Gasteiger partial charge in [-0.3, -0.25) is 4.98 Å². The van der Waals surface area contributed by atoms with Crippen LogP contribution in [0.5, 0.6) is 0 Å². The molecule has 4 nitrogen and oxygen atoms in total. The van der Waals surface area contributed by atoms with Crippen molar-refractivity contribution in [2.24, 2.45) is 0 Å². The number of pyridine rings is 1. The molecule has 0 aliphatic heterocycles. The molecule has 2 aromatic rings. The van der Waals surface area contributed by atoms with Gasteiger partial charge in [0.2, 0.25) is 0 Å². The summed E-state index contributed by atoms with van der Waals surface area (Å²) in [5.74, 6) is 0. The molecule has 0 N–H and O–H groups in total. The second kappa shape index (κ2) is 6.53. The summed E-state index contributed by atoms with van der Waals surface area (Å²) in [6.07, 6.45) is 6.43. The Morgan fingerprint density at radius 2 is 2.17 bits per heavy atom. The van der Waals surface area contributed by atoms with Crippen LogP contribution >= 0.6 is 0 Å². The zero-order valence-electron chi connectivity index (χ0n) is 11.6. The van der Waals surface area contributed by atoms with Crippen LogP contribution in [0.1, 0.15) is 0 Å². The third-order valence-electron chi connectivity index (χ3n) is 2.58. The molecule has 2 heterocycles. The molecule has 2 aromatic heterocycles. The predicted octanol–water partition coefficient (Wildman–Crippen LogP) is -0.452. The van der Waals surface area contributed by atoms with Crippen molar-refractivity contribution in [1.29, 1.82) is 0 Å². The van der Waals surface area contributed by atoms with E-state index in [-0.39, 0.29) is 18.9 Å². The van der Waals surface area contributed by atoms with Crippen LogP contribution in [-0.4, -0.2) is 29.2 Å². The Morgan fingerprint density at radius 3 is 2.89 bits per heavy atom. The van der Waals surface area contributed by atoms with Crippen LogP contribution in [0.25, 0.3) is 11.0 Å². The molecule has 0 radical (unpaired) electrons. The number of fused-ring (bicyclic) bond motifs is 1. The number of hydrogen-bond acceptors (Lipinski definition) is 3. The Morgan fingerprint density at radius 1 is 1.39 bits per heavy atom. The number of hydrogen-bond donors (Lipinski definition) is 0. The van der Waals surface area contributed by atoms with Gasteiger partial charge >= 0.3 is 18.9 Å². The standard InChI is InChI=1S/C12H18N3OSi.Li/c1-17(2,3)7-6-16-10-15-9-14-11-8-13-5-4-12(11)15;/h4-5,8H,6-7,10H2,1-3H3;/q-1;+1. The first kappa shape index (κ1) is 15.5. The van der Waals surface area contributed by atoms with E-state index in [9.17, 15) is 0 Å². The Labute approximate surface area is 121 Å². The molecule has 92 valence electrons. The van der Waals surface area contributed by atoms with Crippen LogP contribution in [0.15, 0.2) is 18.5 Å². The number of aromatic nitrogens is 3. The second-order valence-corrected chi connectivity index (χ2v) is 11.0. The van der Waals surface area contributed by atoms with E-state index in [2.05, 4.69) is 35.9 Å². The molecule has 0 saturated carbocycles. The maximum atomic E-state index is 5.67. The number of ether oxygens (including phenoxy) is 1. The molecule has 6 heteroatoms. The number of rotatable bonds is 5. The van der Waals surface area contributed by atoms with Crippen molar-refractivity contribution < 1.29 is 23.6 Å². The first-order valence-corrected chi connectivity index (χ1v) is 9.53. The third kappa shape index (κ3) is 4.25. The van der Waals surface area contributed by atoms with E-state index in [1.54, 1.807) is 12.4 Å². The minimum absolute atomic E-state index is 0. The summed E-state index contributed by atoms with van der Waals surface area (Å²) in [4.78, 5) is 8.17. The van der Waals surface area contributed by atoms with Crippen molar-refractivity contribution in [3.05, 3.63) is 24.8 Å². The monoisotopic (exact) mass is 255 g/mol. The summed E-state index contributed by atoms with van der Waals surface area (Å²) >= 11 is 0. The van der Waals surface area contributed by atoms with Crippen LogP contribution in [-0.2, 0) is 11.5 Å². The van der Waals surface area contributed by atoms with Crippen molar-refractivity contribution in [1.82, 2.24) is 14.5 Å². The van der Waals surface area contributed by atoms with E-state index in [1.165, 1.54) is 6.04 Å². The molecule has 18 heavy (non-hydrogen) atoms. The van der Waals surface area contributed by atoms with Crippen LogP contribution in [0.2, 0.25) is 25.7 Å². The fourth-order valence-corrected chi connectivity index (χ4v) is 2.25. The SMILES string of the molecule is C[Si](C)(C)CCOCn1[c-]nc2cnccc21.[Li+]. The maximum Gasteiger partial charge on any atom is 1.00 e. The first-order valence-electron chi connectivity index (χ1n) is 5.82. The van der Waals surface area contributed by atoms with Gasteiger partial charge in [0.05, 0.1) is 0 Å². The van der Waals surface area contributed by atoms with Crippen molar-refractivity contribution in [3.63, 3.8) is 0 Å². The van der Waals surface area contributed by atoms with Crippen LogP contribution in [0, 0.1) is 6.33 Å². The molecule has 0 spiro atoms. The van der Waals surface area contributed by atoms with Gasteiger partial charge in [-0.25, -0.2) is 0 Å². The van der Waals surface area contributed by atoms with Gasteiger partial charge in [0.25, 0.3) is 0 Å². The van der Waals surface area contributed by atoms with Crippen molar-refractivity contribution in [2.45, 2.75) is 32.4 Å². The summed E-state index contributed by atoms with van der Waals surface area (Å²) in [5, 5.41) is 0. The third-order valence-corrected chi connectivity index (χ3v) is 4.28. The van der Waals surface area contributed by atoms with E-state index >= 15 is 0 Å². The Balaban J connectivity index is 0.00000162. The van der Waals surface area contributed by atoms with E-state index in [4.69, 9.17) is 4.74 Å². The molecule has 0 saturated heterocycles. The van der Waals surface area contributed by atoms with Gasteiger partial charge in [0.15, 0.2) is 0 Å². The molecule has 0 aliphatic carbocycles. The molecule has 0 aliphatic rings. The fraction of sp³-hybridized carbons (Fsp3) is 0.500. The minimum atomic E-state index is -1.00. The van der Waals surface area contributed by atoms with Gasteiger partial charge in [-0.1, -0.05) is 36.7 Å². The Bertz CT molecular complexity index is 495. The van der Waals surface area contributed by atoms with Crippen LogP contribution in [0.4, 0.5) is 0 Å². The summed E-state index contributed by atoms with van der Waals surface area (Å²) in [5.41, 5.74) is 1.88. The zero-order chi connectivity index (χ0) is 12.3. The molecule has 0 atom stereocenters. The van der Waals surface area contributed by atoms with Crippen molar-refractivity contribution in [2.75, 3.05) is 6.61 Å².